The van der Waals surface area contributed by atoms with Crippen LogP contribution in [0.5, 0.6) is 0 Å². The van der Waals surface area contributed by atoms with E-state index in [1.54, 1.807) is 18.0 Å². The first-order valence-corrected chi connectivity index (χ1v) is 6.07. The number of hydrogen-bond donors (Lipinski definition) is 1. The summed E-state index contributed by atoms with van der Waals surface area (Å²) in [5.74, 6) is 0. The molecule has 2 rings (SSSR count). The molecule has 2 aromatic rings. The van der Waals surface area contributed by atoms with E-state index in [9.17, 15) is 0 Å². The van der Waals surface area contributed by atoms with E-state index < -0.39 is 0 Å². The minimum absolute atomic E-state index is 0.439. The third-order valence-electron chi connectivity index (χ3n) is 2.13. The molecule has 1 aromatic heterocycles. The van der Waals surface area contributed by atoms with Gasteiger partial charge in [-0.2, -0.15) is 0 Å². The molecule has 0 atom stereocenters. The van der Waals surface area contributed by atoms with Gasteiger partial charge in [-0.25, -0.2) is 4.98 Å². The molecule has 1 heterocycles. The fourth-order valence-corrected chi connectivity index (χ4v) is 2.61. The average molecular weight is 251 g/mol. The Morgan fingerprint density at radius 1 is 1.19 bits per heavy atom. The van der Waals surface area contributed by atoms with Crippen LogP contribution in [0.1, 0.15) is 5.56 Å². The number of benzene rings is 1. The Morgan fingerprint density at radius 3 is 2.75 bits per heavy atom. The highest BCUT2D eigenvalue weighted by Crippen LogP contribution is 2.32. The average Bonchev–Trinajstić information content (AvgIpc) is 2.31. The molecule has 82 valence electrons. The maximum Gasteiger partial charge on any atom is 0.101 e. The van der Waals surface area contributed by atoms with Crippen LogP contribution >= 0.6 is 23.4 Å². The zero-order chi connectivity index (χ0) is 11.4. The predicted octanol–water partition coefficient (Wildman–Crippen LogP) is 3.34. The molecule has 0 spiro atoms. The number of rotatable bonds is 3. The Kier molecular flexibility index (Phi) is 3.83. The quantitative estimate of drug-likeness (QED) is 0.908. The van der Waals surface area contributed by atoms with Crippen molar-refractivity contribution in [3.63, 3.8) is 0 Å². The molecule has 0 aliphatic heterocycles. The van der Waals surface area contributed by atoms with Crippen LogP contribution in [-0.4, -0.2) is 4.98 Å². The topological polar surface area (TPSA) is 38.9 Å². The van der Waals surface area contributed by atoms with Gasteiger partial charge in [0.2, 0.25) is 0 Å². The summed E-state index contributed by atoms with van der Waals surface area (Å²) in [6.07, 6.45) is 1.77. The SMILES string of the molecule is NCc1c(Cl)cccc1Sc1ccccn1. The zero-order valence-corrected chi connectivity index (χ0v) is 10.1. The zero-order valence-electron chi connectivity index (χ0n) is 8.56. The Bertz CT molecular complexity index is 474. The third-order valence-corrected chi connectivity index (χ3v) is 3.54. The van der Waals surface area contributed by atoms with Crippen molar-refractivity contribution in [2.45, 2.75) is 16.5 Å². The van der Waals surface area contributed by atoms with Crippen LogP contribution in [0.2, 0.25) is 5.02 Å². The van der Waals surface area contributed by atoms with Crippen molar-refractivity contribution in [2.75, 3.05) is 0 Å². The molecule has 4 heteroatoms. The normalized spacial score (nSPS) is 10.4. The van der Waals surface area contributed by atoms with Gasteiger partial charge in [0.05, 0.1) is 0 Å². The summed E-state index contributed by atoms with van der Waals surface area (Å²) in [5.41, 5.74) is 6.66. The van der Waals surface area contributed by atoms with Crippen molar-refractivity contribution in [1.29, 1.82) is 0 Å². The van der Waals surface area contributed by atoms with E-state index >= 15 is 0 Å². The van der Waals surface area contributed by atoms with Crippen molar-refractivity contribution in [1.82, 2.24) is 4.98 Å². The number of halogens is 1. The lowest BCUT2D eigenvalue weighted by Crippen LogP contribution is -1.99. The summed E-state index contributed by atoms with van der Waals surface area (Å²) in [7, 11) is 0. The van der Waals surface area contributed by atoms with Crippen LogP contribution in [-0.2, 0) is 6.54 Å². The molecule has 2 nitrogen and oxygen atoms in total. The molecule has 0 saturated heterocycles. The van der Waals surface area contributed by atoms with Gasteiger partial charge < -0.3 is 5.73 Å². The van der Waals surface area contributed by atoms with Crippen molar-refractivity contribution in [2.24, 2.45) is 5.73 Å². The standard InChI is InChI=1S/C12H11ClN2S/c13-10-4-3-5-11(9(10)8-14)16-12-6-1-2-7-15-12/h1-7H,8,14H2. The summed E-state index contributed by atoms with van der Waals surface area (Å²) < 4.78 is 0. The van der Waals surface area contributed by atoms with Gasteiger partial charge in [-0.3, -0.25) is 0 Å². The molecule has 0 aliphatic rings. The monoisotopic (exact) mass is 250 g/mol. The van der Waals surface area contributed by atoms with Gasteiger partial charge in [-0.1, -0.05) is 35.5 Å². The summed E-state index contributed by atoms with van der Waals surface area (Å²) >= 11 is 7.66. The number of hydrogen-bond acceptors (Lipinski definition) is 3. The summed E-state index contributed by atoms with van der Waals surface area (Å²) in [4.78, 5) is 5.32. The molecule has 0 amide bonds. The fourth-order valence-electron chi connectivity index (χ4n) is 1.35. The lowest BCUT2D eigenvalue weighted by Gasteiger charge is -2.08. The van der Waals surface area contributed by atoms with E-state index in [-0.39, 0.29) is 0 Å². The summed E-state index contributed by atoms with van der Waals surface area (Å²) in [5, 5.41) is 1.66. The minimum atomic E-state index is 0.439. The molecule has 16 heavy (non-hydrogen) atoms. The van der Waals surface area contributed by atoms with Gasteiger partial charge in [-0.15, -0.1) is 0 Å². The number of nitrogens with two attached hydrogens (primary N) is 1. The van der Waals surface area contributed by atoms with Crippen LogP contribution < -0.4 is 5.73 Å². The first-order chi connectivity index (χ1) is 7.81. The maximum absolute atomic E-state index is 6.08. The Labute approximate surface area is 104 Å². The molecule has 0 saturated carbocycles. The number of nitrogens with zero attached hydrogens (tertiary/aromatic N) is 1. The highest BCUT2D eigenvalue weighted by Gasteiger charge is 2.06. The number of pyridine rings is 1. The largest absolute Gasteiger partial charge is 0.326 e. The molecular formula is C12H11ClN2S. The van der Waals surface area contributed by atoms with E-state index in [0.717, 1.165) is 15.5 Å². The van der Waals surface area contributed by atoms with Gasteiger partial charge in [0.25, 0.3) is 0 Å². The minimum Gasteiger partial charge on any atom is -0.326 e. The molecule has 0 fully saturated rings. The molecule has 1 aromatic carbocycles. The van der Waals surface area contributed by atoms with Gasteiger partial charge >= 0.3 is 0 Å². The van der Waals surface area contributed by atoms with Crippen LogP contribution in [0, 0.1) is 0 Å². The van der Waals surface area contributed by atoms with E-state index in [1.165, 1.54) is 0 Å². The van der Waals surface area contributed by atoms with E-state index in [2.05, 4.69) is 4.98 Å². The van der Waals surface area contributed by atoms with Crippen molar-refractivity contribution in [3.05, 3.63) is 53.2 Å². The van der Waals surface area contributed by atoms with Gasteiger partial charge in [0.15, 0.2) is 0 Å². The van der Waals surface area contributed by atoms with E-state index in [1.807, 2.05) is 36.4 Å². The van der Waals surface area contributed by atoms with Crippen molar-refractivity contribution < 1.29 is 0 Å². The molecule has 0 aliphatic carbocycles. The second-order valence-corrected chi connectivity index (χ2v) is 4.66. The summed E-state index contributed by atoms with van der Waals surface area (Å²) in [6.45, 7) is 0.439. The Morgan fingerprint density at radius 2 is 2.06 bits per heavy atom. The predicted molar refractivity (Wildman–Crippen MR) is 67.7 cm³/mol. The second kappa shape index (κ2) is 5.34. The van der Waals surface area contributed by atoms with Crippen molar-refractivity contribution >= 4 is 23.4 Å². The molecule has 0 bridgehead atoms. The molecule has 0 unspecified atom stereocenters. The van der Waals surface area contributed by atoms with Crippen LogP contribution in [0.15, 0.2) is 52.5 Å². The van der Waals surface area contributed by atoms with Crippen LogP contribution in [0.3, 0.4) is 0 Å². The van der Waals surface area contributed by atoms with E-state index in [4.69, 9.17) is 17.3 Å². The Hall–Kier alpha value is -1.03. The van der Waals surface area contributed by atoms with Gasteiger partial charge in [-0.05, 0) is 29.8 Å². The second-order valence-electron chi connectivity index (χ2n) is 3.19. The number of aromatic nitrogens is 1. The fraction of sp³-hybridized carbons (Fsp3) is 0.0833. The molecule has 0 radical (unpaired) electrons. The smallest absolute Gasteiger partial charge is 0.101 e. The van der Waals surface area contributed by atoms with E-state index in [0.29, 0.717) is 11.6 Å². The van der Waals surface area contributed by atoms with Crippen molar-refractivity contribution in [3.8, 4) is 0 Å². The van der Waals surface area contributed by atoms with Crippen LogP contribution in [0.25, 0.3) is 0 Å². The third kappa shape index (κ3) is 2.55. The maximum atomic E-state index is 6.08. The summed E-state index contributed by atoms with van der Waals surface area (Å²) in [6, 6.07) is 11.6. The molecular weight excluding hydrogens is 240 g/mol. The lowest BCUT2D eigenvalue weighted by molar-refractivity contribution is 1.02. The molecule has 2 N–H and O–H groups in total. The Balaban J connectivity index is 2.31. The highest BCUT2D eigenvalue weighted by atomic mass is 35.5. The van der Waals surface area contributed by atoms with Crippen LogP contribution in [0.4, 0.5) is 0 Å². The van der Waals surface area contributed by atoms with Gasteiger partial charge in [0, 0.05) is 22.7 Å². The lowest BCUT2D eigenvalue weighted by atomic mass is 10.2. The first-order valence-electron chi connectivity index (χ1n) is 4.87. The first kappa shape index (κ1) is 11.5. The van der Waals surface area contributed by atoms with Gasteiger partial charge in [0.1, 0.15) is 5.03 Å². The highest BCUT2D eigenvalue weighted by molar-refractivity contribution is 7.99.